The Morgan fingerprint density at radius 3 is 2.60 bits per heavy atom. The average molecular weight is 343 g/mol. The lowest BCUT2D eigenvalue weighted by Crippen LogP contribution is -2.44. The molecule has 0 fully saturated rings. The van der Waals surface area contributed by atoms with Gasteiger partial charge in [-0.1, -0.05) is 28.1 Å². The maximum Gasteiger partial charge on any atom is 0.315 e. The summed E-state index contributed by atoms with van der Waals surface area (Å²) in [6, 6.07) is 7.09. The molecule has 0 aliphatic carbocycles. The second kappa shape index (κ2) is 6.74. The van der Waals surface area contributed by atoms with Crippen LogP contribution < -0.4 is 10.6 Å². The maximum absolute atomic E-state index is 11.8. The molecule has 1 unspecified atom stereocenters. The Morgan fingerprint density at radius 2 is 2.05 bits per heavy atom. The summed E-state index contributed by atoms with van der Waals surface area (Å²) in [5.41, 5.74) is -0.0249. The third kappa shape index (κ3) is 4.85. The van der Waals surface area contributed by atoms with E-state index in [2.05, 4.69) is 26.6 Å². The van der Waals surface area contributed by atoms with Gasteiger partial charge in [-0.2, -0.15) is 0 Å². The van der Waals surface area contributed by atoms with Crippen molar-refractivity contribution in [3.63, 3.8) is 0 Å². The number of halogens is 1. The minimum absolute atomic E-state index is 0.0688. The molecule has 3 N–H and O–H groups in total. The van der Waals surface area contributed by atoms with Gasteiger partial charge in [-0.3, -0.25) is 4.79 Å². The number of nitrogens with one attached hydrogen (secondary N) is 2. The number of urea groups is 1. The molecular weight excluding hydrogens is 324 g/mol. The number of hydrogen-bond acceptors (Lipinski definition) is 2. The van der Waals surface area contributed by atoms with E-state index in [-0.39, 0.29) is 18.6 Å². The van der Waals surface area contributed by atoms with Crippen molar-refractivity contribution in [3.05, 3.63) is 34.3 Å². The first-order valence-electron chi connectivity index (χ1n) is 6.25. The Hall–Kier alpha value is -1.56. The fraction of sp³-hybridized carbons (Fsp3) is 0.429. The van der Waals surface area contributed by atoms with Gasteiger partial charge in [-0.15, -0.1) is 0 Å². The monoisotopic (exact) mass is 342 g/mol. The number of hydrogen-bond donors (Lipinski definition) is 3. The van der Waals surface area contributed by atoms with Crippen LogP contribution in [0.3, 0.4) is 0 Å². The summed E-state index contributed by atoms with van der Waals surface area (Å²) in [5.74, 6) is -0.946. The predicted molar refractivity (Wildman–Crippen MR) is 80.5 cm³/mol. The maximum atomic E-state index is 11.8. The summed E-state index contributed by atoms with van der Waals surface area (Å²) in [6.45, 7) is 5.06. The van der Waals surface area contributed by atoms with Crippen molar-refractivity contribution in [3.8, 4) is 0 Å². The van der Waals surface area contributed by atoms with E-state index in [0.717, 1.165) is 10.0 Å². The topological polar surface area (TPSA) is 78.4 Å². The van der Waals surface area contributed by atoms with E-state index in [9.17, 15) is 9.59 Å². The molecule has 110 valence electrons. The van der Waals surface area contributed by atoms with Gasteiger partial charge in [0.2, 0.25) is 0 Å². The molecule has 5 nitrogen and oxygen atoms in total. The number of carbonyl (C=O) groups is 2. The van der Waals surface area contributed by atoms with Gasteiger partial charge in [0.1, 0.15) is 0 Å². The van der Waals surface area contributed by atoms with Crippen LogP contribution >= 0.6 is 15.9 Å². The Kier molecular flexibility index (Phi) is 5.56. The van der Waals surface area contributed by atoms with E-state index in [0.29, 0.717) is 0 Å². The van der Waals surface area contributed by atoms with Gasteiger partial charge in [-0.25, -0.2) is 4.79 Å². The van der Waals surface area contributed by atoms with Gasteiger partial charge in [0.25, 0.3) is 0 Å². The van der Waals surface area contributed by atoms with Crippen molar-refractivity contribution in [1.29, 1.82) is 0 Å². The van der Waals surface area contributed by atoms with Crippen molar-refractivity contribution >= 4 is 27.9 Å². The number of amides is 2. The zero-order chi connectivity index (χ0) is 15.3. The predicted octanol–water partition coefficient (Wildman–Crippen LogP) is 2.92. The van der Waals surface area contributed by atoms with E-state index < -0.39 is 11.4 Å². The fourth-order valence-corrected chi connectivity index (χ4v) is 1.90. The van der Waals surface area contributed by atoms with Crippen LogP contribution in [-0.4, -0.2) is 23.7 Å². The van der Waals surface area contributed by atoms with Crippen LogP contribution in [0.15, 0.2) is 28.7 Å². The molecule has 20 heavy (non-hydrogen) atoms. The largest absolute Gasteiger partial charge is 0.481 e. The molecule has 0 aliphatic heterocycles. The molecule has 0 heterocycles. The zero-order valence-electron chi connectivity index (χ0n) is 11.7. The molecule has 1 atom stereocenters. The highest BCUT2D eigenvalue weighted by molar-refractivity contribution is 9.10. The van der Waals surface area contributed by atoms with Crippen LogP contribution in [0.2, 0.25) is 0 Å². The van der Waals surface area contributed by atoms with Crippen LogP contribution in [0.4, 0.5) is 4.79 Å². The molecule has 1 rings (SSSR count). The number of rotatable bonds is 5. The van der Waals surface area contributed by atoms with Crippen LogP contribution in [0.1, 0.15) is 32.4 Å². The molecular formula is C14H19BrN2O3. The van der Waals surface area contributed by atoms with Gasteiger partial charge < -0.3 is 15.7 Å². The summed E-state index contributed by atoms with van der Waals surface area (Å²) in [5, 5.41) is 14.3. The SMILES string of the molecule is CC(NC(=O)NCC(C)(C)C(=O)O)c1cccc(Br)c1. The van der Waals surface area contributed by atoms with Gasteiger partial charge in [0, 0.05) is 11.0 Å². The smallest absolute Gasteiger partial charge is 0.315 e. The van der Waals surface area contributed by atoms with Crippen molar-refractivity contribution in [2.24, 2.45) is 5.41 Å². The lowest BCUT2D eigenvalue weighted by Gasteiger charge is -2.21. The molecule has 0 spiro atoms. The molecule has 0 saturated carbocycles. The third-order valence-electron chi connectivity index (χ3n) is 2.97. The van der Waals surface area contributed by atoms with E-state index in [1.807, 2.05) is 31.2 Å². The van der Waals surface area contributed by atoms with Crippen LogP contribution in [0.25, 0.3) is 0 Å². The molecule has 1 aromatic rings. The van der Waals surface area contributed by atoms with E-state index in [1.165, 1.54) is 0 Å². The molecule has 6 heteroatoms. The van der Waals surface area contributed by atoms with Gasteiger partial charge in [0.15, 0.2) is 0 Å². The molecule has 0 bridgehead atoms. The molecule has 0 aliphatic rings. The summed E-state index contributed by atoms with van der Waals surface area (Å²) in [7, 11) is 0. The van der Waals surface area contributed by atoms with Crippen molar-refractivity contribution < 1.29 is 14.7 Å². The fourth-order valence-electron chi connectivity index (χ4n) is 1.48. The molecule has 0 radical (unpaired) electrons. The number of carboxylic acid groups (broad SMARTS) is 1. The van der Waals surface area contributed by atoms with E-state index in [4.69, 9.17) is 5.11 Å². The molecule has 0 saturated heterocycles. The summed E-state index contributed by atoms with van der Waals surface area (Å²) >= 11 is 3.38. The zero-order valence-corrected chi connectivity index (χ0v) is 13.3. The summed E-state index contributed by atoms with van der Waals surface area (Å²) in [6.07, 6.45) is 0. The highest BCUT2D eigenvalue weighted by atomic mass is 79.9. The lowest BCUT2D eigenvalue weighted by atomic mass is 9.94. The number of carboxylic acids is 1. The Bertz CT molecular complexity index is 503. The molecule has 2 amide bonds. The van der Waals surface area contributed by atoms with Gasteiger partial charge >= 0.3 is 12.0 Å². The summed E-state index contributed by atoms with van der Waals surface area (Å²) in [4.78, 5) is 22.7. The van der Waals surface area contributed by atoms with Crippen LogP contribution in [0, 0.1) is 5.41 Å². The Labute approximate surface area is 126 Å². The first-order valence-corrected chi connectivity index (χ1v) is 7.05. The minimum Gasteiger partial charge on any atom is -0.481 e. The lowest BCUT2D eigenvalue weighted by molar-refractivity contribution is -0.146. The number of aliphatic carboxylic acids is 1. The standard InChI is InChI=1S/C14H19BrN2O3/c1-9(10-5-4-6-11(15)7-10)17-13(20)16-8-14(2,3)12(18)19/h4-7,9H,8H2,1-3H3,(H,18,19)(H2,16,17,20). The van der Waals surface area contributed by atoms with E-state index in [1.54, 1.807) is 13.8 Å². The molecule has 1 aromatic carbocycles. The van der Waals surface area contributed by atoms with Crippen LogP contribution in [0.5, 0.6) is 0 Å². The van der Waals surface area contributed by atoms with Crippen molar-refractivity contribution in [1.82, 2.24) is 10.6 Å². The normalized spacial score (nSPS) is 12.6. The third-order valence-corrected chi connectivity index (χ3v) is 3.46. The first-order chi connectivity index (χ1) is 9.22. The van der Waals surface area contributed by atoms with E-state index >= 15 is 0 Å². The number of benzene rings is 1. The second-order valence-corrected chi connectivity index (χ2v) is 6.21. The Balaban J connectivity index is 2.52. The van der Waals surface area contributed by atoms with Gasteiger partial charge in [-0.05, 0) is 38.5 Å². The summed E-state index contributed by atoms with van der Waals surface area (Å²) < 4.78 is 0.941. The van der Waals surface area contributed by atoms with Crippen LogP contribution in [-0.2, 0) is 4.79 Å². The first kappa shape index (κ1) is 16.5. The highest BCUT2D eigenvalue weighted by Gasteiger charge is 2.27. The second-order valence-electron chi connectivity index (χ2n) is 5.29. The average Bonchev–Trinajstić information content (AvgIpc) is 2.36. The highest BCUT2D eigenvalue weighted by Crippen LogP contribution is 2.18. The quantitative estimate of drug-likeness (QED) is 0.769. The van der Waals surface area contributed by atoms with Crippen molar-refractivity contribution in [2.75, 3.05) is 6.54 Å². The van der Waals surface area contributed by atoms with Crippen molar-refractivity contribution in [2.45, 2.75) is 26.8 Å². The van der Waals surface area contributed by atoms with Gasteiger partial charge in [0.05, 0.1) is 11.5 Å². The Morgan fingerprint density at radius 1 is 1.40 bits per heavy atom. The number of carbonyl (C=O) groups excluding carboxylic acids is 1. The molecule has 0 aromatic heterocycles. The minimum atomic E-state index is -0.990.